The Kier molecular flexibility index (Phi) is 4.10. The highest BCUT2D eigenvalue weighted by molar-refractivity contribution is 8.13. The van der Waals surface area contributed by atoms with Crippen LogP contribution in [0.2, 0.25) is 0 Å². The first-order valence-electron chi connectivity index (χ1n) is 9.45. The van der Waals surface area contributed by atoms with Crippen LogP contribution in [0.25, 0.3) is 0 Å². The lowest BCUT2D eigenvalue weighted by Crippen LogP contribution is -2.46. The van der Waals surface area contributed by atoms with Gasteiger partial charge in [0.1, 0.15) is 5.78 Å². The summed E-state index contributed by atoms with van der Waals surface area (Å²) in [5.74, 6) is 1.45. The average Bonchev–Trinajstić information content (AvgIpc) is 2.90. The molecule has 0 amide bonds. The van der Waals surface area contributed by atoms with Crippen molar-refractivity contribution in [1.82, 2.24) is 0 Å². The lowest BCUT2D eigenvalue weighted by atomic mass is 9.50. The van der Waals surface area contributed by atoms with Crippen molar-refractivity contribution in [1.29, 1.82) is 0 Å². The summed E-state index contributed by atoms with van der Waals surface area (Å²) in [5, 5.41) is 0.206. The van der Waals surface area contributed by atoms with Gasteiger partial charge in [0, 0.05) is 30.1 Å². The first-order valence-corrected chi connectivity index (χ1v) is 10.7. The fourth-order valence-electron chi connectivity index (χ4n) is 6.08. The van der Waals surface area contributed by atoms with E-state index >= 15 is 0 Å². The highest BCUT2D eigenvalue weighted by Crippen LogP contribution is 2.63. The zero-order valence-corrected chi connectivity index (χ0v) is 15.9. The fraction of sp³-hybridized carbons (Fsp3) is 0.667. The molecule has 0 aromatic rings. The monoisotopic (exact) mass is 358 g/mol. The number of thioether (sulfide) groups is 1. The molecule has 0 aromatic heterocycles. The molecule has 4 aliphatic rings. The van der Waals surface area contributed by atoms with E-state index in [-0.39, 0.29) is 21.7 Å². The minimum absolute atomic E-state index is 0.204. The normalized spacial score (nSPS) is 39.9. The summed E-state index contributed by atoms with van der Waals surface area (Å²) in [7, 11) is 0. The van der Waals surface area contributed by atoms with Crippen LogP contribution in [0, 0.1) is 22.7 Å². The van der Waals surface area contributed by atoms with Gasteiger partial charge in [0.2, 0.25) is 0 Å². The number of ketones is 2. The molecule has 4 atom stereocenters. The van der Waals surface area contributed by atoms with Crippen molar-refractivity contribution >= 4 is 28.4 Å². The van der Waals surface area contributed by atoms with E-state index in [1.165, 1.54) is 22.9 Å². The van der Waals surface area contributed by atoms with Gasteiger partial charge in [-0.3, -0.25) is 14.4 Å². The maximum Gasteiger partial charge on any atom is 0.189 e. The molecule has 0 unspecified atom stereocenters. The van der Waals surface area contributed by atoms with Crippen LogP contribution in [0.1, 0.15) is 58.3 Å². The molecule has 0 aliphatic heterocycles. The van der Waals surface area contributed by atoms with Crippen molar-refractivity contribution in [3.63, 3.8) is 0 Å². The Hall–Kier alpha value is -1.16. The second-order valence-corrected chi connectivity index (χ2v) is 9.33. The topological polar surface area (TPSA) is 51.2 Å². The number of hydrogen-bond acceptors (Lipinski definition) is 4. The lowest BCUT2D eigenvalue weighted by Gasteiger charge is -2.53. The van der Waals surface area contributed by atoms with E-state index in [1.54, 1.807) is 0 Å². The predicted octanol–water partition coefficient (Wildman–Crippen LogP) is 4.27. The van der Waals surface area contributed by atoms with Gasteiger partial charge in [-0.05, 0) is 56.3 Å². The highest BCUT2D eigenvalue weighted by Gasteiger charge is 2.57. The smallest absolute Gasteiger partial charge is 0.189 e. The van der Waals surface area contributed by atoms with Gasteiger partial charge >= 0.3 is 0 Å². The van der Waals surface area contributed by atoms with E-state index in [0.717, 1.165) is 32.1 Å². The van der Waals surface area contributed by atoms with Crippen LogP contribution in [-0.4, -0.2) is 22.9 Å². The summed E-state index contributed by atoms with van der Waals surface area (Å²) in [5.41, 5.74) is 2.12. The van der Waals surface area contributed by atoms with Gasteiger partial charge in [-0.25, -0.2) is 0 Å². The van der Waals surface area contributed by atoms with Crippen molar-refractivity contribution in [2.75, 3.05) is 6.26 Å². The highest BCUT2D eigenvalue weighted by atomic mass is 32.2. The number of hydrogen-bond donors (Lipinski definition) is 0. The zero-order valence-electron chi connectivity index (χ0n) is 15.1. The lowest BCUT2D eigenvalue weighted by molar-refractivity contribution is -0.127. The molecule has 4 heteroatoms. The molecule has 0 N–H and O–H groups in total. The summed E-state index contributed by atoms with van der Waals surface area (Å²) in [6.07, 6.45) is 12.2. The zero-order chi connectivity index (χ0) is 17.8. The molecular weight excluding hydrogens is 332 g/mol. The van der Waals surface area contributed by atoms with E-state index in [2.05, 4.69) is 13.0 Å². The molecule has 0 saturated heterocycles. The molecule has 4 aliphatic carbocycles. The maximum absolute atomic E-state index is 12.5. The number of carbonyl (C=O) groups is 3. The van der Waals surface area contributed by atoms with Crippen molar-refractivity contribution in [2.45, 2.75) is 58.3 Å². The van der Waals surface area contributed by atoms with Gasteiger partial charge in [0.25, 0.3) is 0 Å². The van der Waals surface area contributed by atoms with E-state index in [1.807, 2.05) is 12.3 Å². The Morgan fingerprint density at radius 1 is 1.24 bits per heavy atom. The Labute approximate surface area is 153 Å². The third-order valence-electron chi connectivity index (χ3n) is 7.47. The van der Waals surface area contributed by atoms with Gasteiger partial charge in [0.15, 0.2) is 10.9 Å². The molecule has 2 saturated carbocycles. The van der Waals surface area contributed by atoms with Crippen molar-refractivity contribution in [2.24, 2.45) is 22.7 Å². The summed E-state index contributed by atoms with van der Waals surface area (Å²) < 4.78 is 0. The average molecular weight is 359 g/mol. The van der Waals surface area contributed by atoms with Crippen molar-refractivity contribution in [3.8, 4) is 0 Å². The van der Waals surface area contributed by atoms with Gasteiger partial charge in [-0.2, -0.15) is 0 Å². The summed E-state index contributed by atoms with van der Waals surface area (Å²) in [6.45, 7) is 2.15. The first-order chi connectivity index (χ1) is 11.9. The van der Waals surface area contributed by atoms with Crippen molar-refractivity contribution < 1.29 is 14.4 Å². The van der Waals surface area contributed by atoms with Crippen LogP contribution >= 0.6 is 11.8 Å². The van der Waals surface area contributed by atoms with E-state index in [4.69, 9.17) is 0 Å². The molecule has 25 heavy (non-hydrogen) atoms. The second kappa shape index (κ2) is 5.94. The minimum Gasteiger partial charge on any atom is -0.299 e. The molecule has 0 radical (unpaired) electrons. The molecule has 0 heterocycles. The van der Waals surface area contributed by atoms with E-state index in [0.29, 0.717) is 36.9 Å². The Bertz CT molecular complexity index is 719. The van der Waals surface area contributed by atoms with Crippen LogP contribution in [-0.2, 0) is 14.4 Å². The van der Waals surface area contributed by atoms with Gasteiger partial charge in [0.05, 0.1) is 0 Å². The molecular formula is C21H26O3S. The Balaban J connectivity index is 1.80. The molecule has 0 aromatic carbocycles. The van der Waals surface area contributed by atoms with Crippen LogP contribution in [0.4, 0.5) is 0 Å². The van der Waals surface area contributed by atoms with E-state index in [9.17, 15) is 14.4 Å². The number of allylic oxidation sites excluding steroid dienone is 4. The number of Topliss-reactive ketones (excluding diaryl/α,β-unsaturated/α-hetero) is 1. The molecule has 0 bridgehead atoms. The Morgan fingerprint density at radius 3 is 2.80 bits per heavy atom. The summed E-state index contributed by atoms with van der Waals surface area (Å²) in [6, 6.07) is 0. The van der Waals surface area contributed by atoms with Crippen LogP contribution in [0.3, 0.4) is 0 Å². The predicted molar refractivity (Wildman–Crippen MR) is 99.2 cm³/mol. The number of carbonyl (C=O) groups excluding carboxylic acids is 3. The molecule has 3 nitrogen and oxygen atoms in total. The summed E-state index contributed by atoms with van der Waals surface area (Å²) >= 11 is 1.30. The minimum atomic E-state index is -0.246. The fourth-order valence-corrected chi connectivity index (χ4v) is 6.47. The second-order valence-electron chi connectivity index (χ2n) is 8.47. The third-order valence-corrected chi connectivity index (χ3v) is 8.07. The molecule has 4 rings (SSSR count). The molecule has 2 fully saturated rings. The summed E-state index contributed by atoms with van der Waals surface area (Å²) in [4.78, 5) is 36.9. The first kappa shape index (κ1) is 17.3. The molecule has 0 spiro atoms. The van der Waals surface area contributed by atoms with Crippen LogP contribution < -0.4 is 0 Å². The van der Waals surface area contributed by atoms with Crippen LogP contribution in [0.5, 0.6) is 0 Å². The standard InChI is InChI=1S/C21H26O3S/c1-20-9-8-17-15(16(20)5-6-18(20)23)4-3-13-11-14(22)7-10-21(13,17)12-19(24)25-2/h8,11,15-16H,3-7,9-10,12H2,1-2H3/t15-,16-,20-,21+/m0/s1. The third kappa shape index (κ3) is 2.43. The largest absolute Gasteiger partial charge is 0.299 e. The van der Waals surface area contributed by atoms with Gasteiger partial charge < -0.3 is 0 Å². The Morgan fingerprint density at radius 2 is 2.04 bits per heavy atom. The SMILES string of the molecule is CSC(=O)C[C@]12CCC(=O)C=C1CC[C@@H]1C2=CC[C@]2(C)C(=O)CC[C@@H]12. The maximum atomic E-state index is 12.5. The quantitative estimate of drug-likeness (QED) is 0.692. The number of fused-ring (bicyclic) bond motifs is 5. The molecule has 134 valence electrons. The number of rotatable bonds is 2. The van der Waals surface area contributed by atoms with Gasteiger partial charge in [-0.15, -0.1) is 0 Å². The van der Waals surface area contributed by atoms with E-state index < -0.39 is 0 Å². The van der Waals surface area contributed by atoms with Crippen molar-refractivity contribution in [3.05, 3.63) is 23.3 Å². The van der Waals surface area contributed by atoms with Gasteiger partial charge in [-0.1, -0.05) is 35.9 Å². The van der Waals surface area contributed by atoms with Crippen LogP contribution in [0.15, 0.2) is 23.3 Å².